The average Bonchev–Trinajstić information content (AvgIpc) is 3.41. The van der Waals surface area contributed by atoms with Crippen molar-refractivity contribution in [2.24, 2.45) is 0 Å². The summed E-state index contributed by atoms with van der Waals surface area (Å²) >= 11 is 1.60. The third-order valence-electron chi connectivity index (χ3n) is 6.95. The SMILES string of the molecule is O=C(c1ccc(-c2ccc3nccc(Nc4ccc5scnc5c4)c3c2)c(F)c1)N1CCN(CCO)CC1. The maximum atomic E-state index is 15.3. The van der Waals surface area contributed by atoms with E-state index < -0.39 is 5.82 Å². The zero-order chi connectivity index (χ0) is 26.1. The molecule has 3 heterocycles. The molecule has 2 aromatic heterocycles. The number of hydrogen-bond donors (Lipinski definition) is 2. The first-order chi connectivity index (χ1) is 18.6. The Labute approximate surface area is 223 Å². The first kappa shape index (κ1) is 24.4. The van der Waals surface area contributed by atoms with Crippen LogP contribution in [0.15, 0.2) is 72.4 Å². The number of β-amino-alcohol motifs (C(OH)–C–C–N with tert-alkyl or cyclic N) is 1. The second kappa shape index (κ2) is 10.4. The van der Waals surface area contributed by atoms with Crippen LogP contribution in [0.25, 0.3) is 32.2 Å². The van der Waals surface area contributed by atoms with E-state index in [0.717, 1.165) is 32.5 Å². The van der Waals surface area contributed by atoms with Crippen LogP contribution in [0.3, 0.4) is 0 Å². The molecule has 1 saturated heterocycles. The lowest BCUT2D eigenvalue weighted by molar-refractivity contribution is 0.0614. The molecular formula is C29H26FN5O2S. The van der Waals surface area contributed by atoms with Crippen molar-refractivity contribution in [1.29, 1.82) is 0 Å². The second-order valence-electron chi connectivity index (χ2n) is 9.30. The molecule has 9 heteroatoms. The van der Waals surface area contributed by atoms with Crippen LogP contribution in [-0.2, 0) is 0 Å². The number of aliphatic hydroxyl groups excluding tert-OH is 1. The van der Waals surface area contributed by atoms with Gasteiger partial charge in [0.1, 0.15) is 5.82 Å². The Balaban J connectivity index is 1.26. The molecule has 0 aliphatic carbocycles. The van der Waals surface area contributed by atoms with E-state index in [9.17, 15) is 4.79 Å². The number of anilines is 2. The molecule has 1 amide bonds. The van der Waals surface area contributed by atoms with Gasteiger partial charge in [-0.15, -0.1) is 11.3 Å². The zero-order valence-corrected chi connectivity index (χ0v) is 21.4. The van der Waals surface area contributed by atoms with Gasteiger partial charge >= 0.3 is 0 Å². The van der Waals surface area contributed by atoms with E-state index in [-0.39, 0.29) is 12.5 Å². The fourth-order valence-corrected chi connectivity index (χ4v) is 5.55. The van der Waals surface area contributed by atoms with Crippen molar-refractivity contribution in [2.75, 3.05) is 44.6 Å². The highest BCUT2D eigenvalue weighted by molar-refractivity contribution is 7.16. The lowest BCUT2D eigenvalue weighted by atomic mass is 10.00. The summed E-state index contributed by atoms with van der Waals surface area (Å²) in [6.07, 6.45) is 1.75. The molecule has 1 aliphatic rings. The summed E-state index contributed by atoms with van der Waals surface area (Å²) in [5.41, 5.74) is 6.79. The van der Waals surface area contributed by atoms with E-state index in [1.54, 1.807) is 34.6 Å². The fraction of sp³-hybridized carbons (Fsp3) is 0.207. The fourth-order valence-electron chi connectivity index (χ4n) is 4.89. The van der Waals surface area contributed by atoms with Gasteiger partial charge in [-0.1, -0.05) is 12.1 Å². The van der Waals surface area contributed by atoms with Crippen LogP contribution in [0.2, 0.25) is 0 Å². The predicted molar refractivity (Wildman–Crippen MR) is 149 cm³/mol. The van der Waals surface area contributed by atoms with Crippen LogP contribution in [-0.4, -0.2) is 70.1 Å². The number of aliphatic hydroxyl groups is 1. The van der Waals surface area contributed by atoms with Crippen LogP contribution >= 0.6 is 11.3 Å². The normalized spacial score (nSPS) is 14.3. The van der Waals surface area contributed by atoms with E-state index in [1.807, 2.05) is 48.0 Å². The number of thiazole rings is 1. The Hall–Kier alpha value is -3.92. The number of carbonyl (C=O) groups is 1. The number of carbonyl (C=O) groups excluding carboxylic acids is 1. The smallest absolute Gasteiger partial charge is 0.254 e. The molecule has 6 rings (SSSR count). The molecule has 0 radical (unpaired) electrons. The summed E-state index contributed by atoms with van der Waals surface area (Å²) < 4.78 is 16.5. The number of nitrogens with one attached hydrogen (secondary N) is 1. The number of benzene rings is 3. The van der Waals surface area contributed by atoms with Crippen molar-refractivity contribution in [1.82, 2.24) is 19.8 Å². The van der Waals surface area contributed by atoms with E-state index in [0.29, 0.717) is 49.4 Å². The van der Waals surface area contributed by atoms with E-state index in [2.05, 4.69) is 20.2 Å². The van der Waals surface area contributed by atoms with Crippen LogP contribution in [0.4, 0.5) is 15.8 Å². The third-order valence-corrected chi connectivity index (χ3v) is 7.76. The van der Waals surface area contributed by atoms with Gasteiger partial charge in [0.05, 0.1) is 27.9 Å². The second-order valence-corrected chi connectivity index (χ2v) is 10.2. The molecule has 0 unspecified atom stereocenters. The minimum absolute atomic E-state index is 0.103. The number of aromatic nitrogens is 2. The van der Waals surface area contributed by atoms with Gasteiger partial charge in [-0.05, 0) is 54.1 Å². The summed E-state index contributed by atoms with van der Waals surface area (Å²) in [7, 11) is 0. The molecule has 0 spiro atoms. The molecule has 0 saturated carbocycles. The molecule has 0 bridgehead atoms. The van der Waals surface area contributed by atoms with Crippen molar-refractivity contribution < 1.29 is 14.3 Å². The minimum Gasteiger partial charge on any atom is -0.395 e. The molecule has 192 valence electrons. The van der Waals surface area contributed by atoms with Gasteiger partial charge in [-0.3, -0.25) is 14.7 Å². The van der Waals surface area contributed by atoms with Gasteiger partial charge in [-0.25, -0.2) is 9.37 Å². The third kappa shape index (κ3) is 4.83. The number of halogens is 1. The highest BCUT2D eigenvalue weighted by Crippen LogP contribution is 2.32. The first-order valence-corrected chi connectivity index (χ1v) is 13.4. The number of piperazine rings is 1. The number of pyridine rings is 1. The highest BCUT2D eigenvalue weighted by atomic mass is 32.1. The Bertz CT molecular complexity index is 1630. The molecule has 3 aromatic carbocycles. The van der Waals surface area contributed by atoms with Gasteiger partial charge in [0, 0.05) is 66.8 Å². The average molecular weight is 528 g/mol. The molecule has 0 atom stereocenters. The molecule has 5 aromatic rings. The van der Waals surface area contributed by atoms with Gasteiger partial charge < -0.3 is 15.3 Å². The van der Waals surface area contributed by atoms with Crippen molar-refractivity contribution in [2.45, 2.75) is 0 Å². The summed E-state index contributed by atoms with van der Waals surface area (Å²) in [5, 5.41) is 13.4. The van der Waals surface area contributed by atoms with Crippen molar-refractivity contribution in [3.63, 3.8) is 0 Å². The Morgan fingerprint density at radius 2 is 1.84 bits per heavy atom. The van der Waals surface area contributed by atoms with Crippen molar-refractivity contribution >= 4 is 49.7 Å². The van der Waals surface area contributed by atoms with Crippen molar-refractivity contribution in [3.8, 4) is 11.1 Å². The molecular weight excluding hydrogens is 501 g/mol. The number of nitrogens with zero attached hydrogens (tertiary/aromatic N) is 4. The standard InChI is InChI=1S/C29H26FN5O2S/c30-24-16-20(29(37)35-11-9-34(10-12-35)13-14-36)1-4-22(24)19-2-5-25-23(15-19)26(7-8-31-25)33-21-3-6-28-27(17-21)32-18-38-28/h1-8,15-18,36H,9-14H2,(H,31,33). The summed E-state index contributed by atoms with van der Waals surface area (Å²) in [6.45, 7) is 3.23. The van der Waals surface area contributed by atoms with Crippen LogP contribution in [0, 0.1) is 5.82 Å². The number of rotatable bonds is 6. The molecule has 2 N–H and O–H groups in total. The summed E-state index contributed by atoms with van der Waals surface area (Å²) in [6, 6.07) is 18.3. The van der Waals surface area contributed by atoms with Crippen LogP contribution in [0.5, 0.6) is 0 Å². The van der Waals surface area contributed by atoms with Gasteiger partial charge in [0.2, 0.25) is 0 Å². The van der Waals surface area contributed by atoms with Crippen LogP contribution in [0.1, 0.15) is 10.4 Å². The first-order valence-electron chi connectivity index (χ1n) is 12.5. The zero-order valence-electron chi connectivity index (χ0n) is 20.6. The van der Waals surface area contributed by atoms with Crippen molar-refractivity contribution in [3.05, 3.63) is 83.8 Å². The largest absolute Gasteiger partial charge is 0.395 e. The monoisotopic (exact) mass is 527 g/mol. The lowest BCUT2D eigenvalue weighted by Crippen LogP contribution is -2.49. The Morgan fingerprint density at radius 1 is 0.974 bits per heavy atom. The van der Waals surface area contributed by atoms with Gasteiger partial charge in [0.15, 0.2) is 0 Å². The Kier molecular flexibility index (Phi) is 6.71. The predicted octanol–water partition coefficient (Wildman–Crippen LogP) is 5.14. The minimum atomic E-state index is -0.443. The molecule has 38 heavy (non-hydrogen) atoms. The molecule has 7 nitrogen and oxygen atoms in total. The number of hydrogen-bond acceptors (Lipinski definition) is 7. The van der Waals surface area contributed by atoms with Crippen LogP contribution < -0.4 is 5.32 Å². The van der Waals surface area contributed by atoms with E-state index >= 15 is 4.39 Å². The highest BCUT2D eigenvalue weighted by Gasteiger charge is 2.22. The molecule has 1 aliphatic heterocycles. The number of amides is 1. The van der Waals surface area contributed by atoms with Gasteiger partial charge in [0.25, 0.3) is 5.91 Å². The number of fused-ring (bicyclic) bond motifs is 2. The summed E-state index contributed by atoms with van der Waals surface area (Å²) in [4.78, 5) is 25.7. The maximum Gasteiger partial charge on any atom is 0.254 e. The summed E-state index contributed by atoms with van der Waals surface area (Å²) in [5.74, 6) is -0.619. The Morgan fingerprint density at radius 3 is 2.66 bits per heavy atom. The van der Waals surface area contributed by atoms with E-state index in [4.69, 9.17) is 5.11 Å². The molecule has 1 fully saturated rings. The van der Waals surface area contributed by atoms with Gasteiger partial charge in [-0.2, -0.15) is 0 Å². The topological polar surface area (TPSA) is 81.6 Å². The quantitative estimate of drug-likeness (QED) is 0.318. The maximum absolute atomic E-state index is 15.3. The lowest BCUT2D eigenvalue weighted by Gasteiger charge is -2.34. The van der Waals surface area contributed by atoms with E-state index in [1.165, 1.54) is 6.07 Å².